The first-order chi connectivity index (χ1) is 65.2. The van der Waals surface area contributed by atoms with E-state index in [2.05, 4.69) is 313 Å². The molecule has 0 aliphatic carbocycles. The lowest BCUT2D eigenvalue weighted by molar-refractivity contribution is 0.411. The number of fused-ring (bicyclic) bond motifs is 10. The summed E-state index contributed by atoms with van der Waals surface area (Å²) in [4.78, 5) is 4.89. The number of anilines is 6. The molecule has 2 aromatic heterocycles. The van der Waals surface area contributed by atoms with E-state index >= 15 is 0 Å². The molecule has 4 heterocycles. The number of aromatic nitrogens is 2. The van der Waals surface area contributed by atoms with Crippen LogP contribution < -0.4 is 26.2 Å². The van der Waals surface area contributed by atoms with Crippen molar-refractivity contribution in [1.29, 1.82) is 0 Å². The van der Waals surface area contributed by atoms with Crippen molar-refractivity contribution in [1.82, 2.24) is 9.13 Å². The molecule has 0 saturated heterocycles. The Morgan fingerprint density at radius 1 is 0.227 bits per heavy atom. The number of rotatable bonds is 13. The number of benzene rings is 13. The van der Waals surface area contributed by atoms with E-state index in [0.29, 0.717) is 50.6 Å². The Morgan fingerprint density at radius 3 is 0.705 bits per heavy atom. The van der Waals surface area contributed by atoms with E-state index in [1.807, 2.05) is 177 Å². The second-order valence-corrected chi connectivity index (χ2v) is 49.7. The van der Waals surface area contributed by atoms with Crippen LogP contribution in [-0.4, -0.2) is 15.8 Å². The van der Waals surface area contributed by atoms with E-state index in [1.54, 1.807) is 0 Å². The molecule has 0 fully saturated rings. The maximum Gasteiger partial charge on any atom is 0.252 e. The standard InChI is InChI=1S/C127H149BN4/c1-117(2,3)74-79-38-34-42-84(58-79)96-68-92(126(28,29)30)69-97(85-43-35-39-80(59-85)75-118(4,5)6)115(96)131-110-72-94(129-106-54-46-88(122(16,17)18)64-100(106)101-65-89(123(19,20)21)47-55-107(101)129)50-52-104(110)128-105-53-51-95(130-108-56-48-90(124(22,23)24)66-102(108)103-67-91(125(25,26)27)49-57-109(103)130)73-111(105)132(113-63-83(78-121(13,14)15)62-112(131)114(113)128)116-98(86-44-36-40-81(60-86)76-119(7,8)9)70-93(127(31,32)33)71-99(116)87-45-37-41-82(61-87)77-120(10,11)12/h34-73H,74-78H2,1-33H3/i74D2,75D2,76D2,77D2,78D2. The van der Waals surface area contributed by atoms with E-state index in [0.717, 1.165) is 138 Å². The van der Waals surface area contributed by atoms with Crippen molar-refractivity contribution < 1.29 is 13.7 Å². The van der Waals surface area contributed by atoms with Gasteiger partial charge in [0.1, 0.15) is 0 Å². The molecule has 0 saturated carbocycles. The molecular weight excluding hydrogens is 1590 g/mol. The fraction of sp³-hybridized carbons (Fsp3) is 0.386. The largest absolute Gasteiger partial charge is 0.310 e. The molecule has 0 spiro atoms. The van der Waals surface area contributed by atoms with Gasteiger partial charge in [-0.05, 0) is 300 Å². The summed E-state index contributed by atoms with van der Waals surface area (Å²) in [7, 11) is 0. The molecule has 13 aromatic carbocycles. The molecule has 4 nitrogen and oxygen atoms in total. The maximum absolute atomic E-state index is 11.4. The van der Waals surface area contributed by atoms with Crippen LogP contribution in [0.1, 0.15) is 303 Å². The van der Waals surface area contributed by atoms with Crippen LogP contribution in [0.2, 0.25) is 0 Å². The van der Waals surface area contributed by atoms with Crippen molar-refractivity contribution in [2.75, 3.05) is 9.80 Å². The molecular formula is C127H149BN4. The topological polar surface area (TPSA) is 16.3 Å². The molecule has 17 rings (SSSR count). The highest BCUT2D eigenvalue weighted by atomic mass is 15.2. The van der Waals surface area contributed by atoms with E-state index in [1.165, 1.54) is 22.3 Å². The Bertz CT molecular complexity index is 6840. The Balaban J connectivity index is 1.15. The summed E-state index contributed by atoms with van der Waals surface area (Å²) < 4.78 is 110. The van der Waals surface area contributed by atoms with Crippen molar-refractivity contribution in [2.24, 2.45) is 27.1 Å². The Morgan fingerprint density at radius 2 is 0.470 bits per heavy atom. The molecule has 0 radical (unpaired) electrons. The lowest BCUT2D eigenvalue weighted by atomic mass is 9.33. The molecule has 132 heavy (non-hydrogen) atoms. The molecule has 0 bridgehead atoms. The van der Waals surface area contributed by atoms with Crippen LogP contribution in [0.15, 0.2) is 243 Å². The maximum atomic E-state index is 11.4. The predicted octanol–water partition coefficient (Wildman–Crippen LogP) is 34.4. The smallest absolute Gasteiger partial charge is 0.252 e. The molecule has 15 aromatic rings. The van der Waals surface area contributed by atoms with E-state index < -0.39 is 76.5 Å². The van der Waals surface area contributed by atoms with Crippen LogP contribution in [0, 0.1) is 27.1 Å². The zero-order chi connectivity index (χ0) is 104. The van der Waals surface area contributed by atoms with Gasteiger partial charge in [0.05, 0.1) is 33.4 Å². The third-order valence-corrected chi connectivity index (χ3v) is 26.2. The molecule has 0 unspecified atom stereocenters. The van der Waals surface area contributed by atoms with Gasteiger partial charge < -0.3 is 18.9 Å². The summed E-state index contributed by atoms with van der Waals surface area (Å²) in [5, 5.41) is 4.49. The third-order valence-electron chi connectivity index (χ3n) is 26.2. The lowest BCUT2D eigenvalue weighted by Gasteiger charge is -2.46. The minimum Gasteiger partial charge on any atom is -0.310 e. The zero-order valence-electron chi connectivity index (χ0n) is 95.5. The van der Waals surface area contributed by atoms with E-state index in [-0.39, 0.29) is 21.7 Å². The SMILES string of the molecule is [2H]C([2H])(c1cccc(-c2cc(C(C)(C)C)cc(-c3cccc(C([2H])([2H])C(C)(C)C)c3)c2N2c3cc(-n4c5ccc(C(C)(C)C)cc5c5cc(C(C)(C)C)ccc54)ccc3B3c4ccc(-n5c6ccc(C(C)(C)C)cc6c6cc(C(C)(C)C)ccc65)cc4N(c4c(-c5cccc(C([2H])([2H])C(C)(C)C)c5)cc(C(C)(C)C)cc4-c4cccc(C([2H])([2H])C(C)(C)C)c4)c4cc(C([2H])([2H])C(C)(C)C)cc2c43)c1)C(C)(C)C. The zero-order valence-corrected chi connectivity index (χ0v) is 85.5. The number of nitrogens with zero attached hydrogens (tertiary/aromatic N) is 4. The highest BCUT2D eigenvalue weighted by Crippen LogP contribution is 2.57. The average Bonchev–Trinajstić information content (AvgIpc) is 0.784. The van der Waals surface area contributed by atoms with E-state index in [9.17, 15) is 13.7 Å². The van der Waals surface area contributed by atoms with Crippen LogP contribution in [0.25, 0.3) is 99.5 Å². The van der Waals surface area contributed by atoms with Gasteiger partial charge in [-0.3, -0.25) is 0 Å². The molecule has 0 amide bonds. The van der Waals surface area contributed by atoms with Gasteiger partial charge in [-0.1, -0.05) is 362 Å². The van der Waals surface area contributed by atoms with Crippen molar-refractivity contribution in [3.63, 3.8) is 0 Å². The predicted molar refractivity (Wildman–Crippen MR) is 579 cm³/mol. The second kappa shape index (κ2) is 32.5. The highest BCUT2D eigenvalue weighted by molar-refractivity contribution is 7.00. The Hall–Kier alpha value is -10.9. The van der Waals surface area contributed by atoms with Gasteiger partial charge in [-0.2, -0.15) is 0 Å². The van der Waals surface area contributed by atoms with Gasteiger partial charge >= 0.3 is 0 Å². The van der Waals surface area contributed by atoms with Crippen molar-refractivity contribution in [2.45, 2.75) is 293 Å². The van der Waals surface area contributed by atoms with Crippen molar-refractivity contribution >= 4 is 101 Å². The Labute approximate surface area is 808 Å². The summed E-state index contributed by atoms with van der Waals surface area (Å²) in [6.07, 6.45) is -9.59. The van der Waals surface area contributed by atoms with Crippen LogP contribution in [0.4, 0.5) is 34.1 Å². The first-order valence-corrected chi connectivity index (χ1v) is 48.2. The quantitative estimate of drug-likeness (QED) is 0.107. The third kappa shape index (κ3) is 18.5. The van der Waals surface area contributed by atoms with Gasteiger partial charge in [0.25, 0.3) is 6.71 Å². The normalized spacial score (nSPS) is 15.6. The van der Waals surface area contributed by atoms with Crippen LogP contribution >= 0.6 is 0 Å². The molecule has 0 atom stereocenters. The highest BCUT2D eigenvalue weighted by Gasteiger charge is 2.47. The summed E-state index contributed by atoms with van der Waals surface area (Å²) >= 11 is 0. The van der Waals surface area contributed by atoms with E-state index in [4.69, 9.17) is 0 Å². The van der Waals surface area contributed by atoms with Crippen LogP contribution in [0.3, 0.4) is 0 Å². The molecule has 2 aliphatic heterocycles. The average molecular weight is 1750 g/mol. The Kier molecular flexibility index (Phi) is 19.9. The molecule has 0 N–H and O–H groups in total. The van der Waals surface area contributed by atoms with Gasteiger partial charge in [0, 0.05) is 91.6 Å². The van der Waals surface area contributed by atoms with Crippen molar-refractivity contribution in [3.05, 3.63) is 304 Å². The van der Waals surface area contributed by atoms with Crippen molar-refractivity contribution in [3.8, 4) is 55.9 Å². The van der Waals surface area contributed by atoms with Gasteiger partial charge in [-0.25, -0.2) is 0 Å². The minimum atomic E-state index is -2.15. The first kappa shape index (κ1) is 80.7. The molecule has 2 aliphatic rings. The molecule has 680 valence electrons. The minimum absolute atomic E-state index is 0.197. The molecule has 5 heteroatoms. The second-order valence-electron chi connectivity index (χ2n) is 49.7. The fourth-order valence-electron chi connectivity index (χ4n) is 20.0. The summed E-state index contributed by atoms with van der Waals surface area (Å²) in [6, 6.07) is 87.9. The number of hydrogen-bond acceptors (Lipinski definition) is 2. The van der Waals surface area contributed by atoms with Gasteiger partial charge in [-0.15, -0.1) is 0 Å². The first-order valence-electron chi connectivity index (χ1n) is 53.2. The lowest BCUT2D eigenvalue weighted by Crippen LogP contribution is -2.61. The monoisotopic (exact) mass is 1750 g/mol. The number of hydrogen-bond donors (Lipinski definition) is 0. The van der Waals surface area contributed by atoms with Gasteiger partial charge in [0.15, 0.2) is 0 Å². The van der Waals surface area contributed by atoms with Crippen LogP contribution in [-0.2, 0) is 64.4 Å². The summed E-state index contributed by atoms with van der Waals surface area (Å²) in [6.45, 7) is 69.5. The fourth-order valence-corrected chi connectivity index (χ4v) is 20.0. The van der Waals surface area contributed by atoms with Gasteiger partial charge in [0.2, 0.25) is 0 Å². The summed E-state index contributed by atoms with van der Waals surface area (Å²) in [5.74, 6) is 0. The van der Waals surface area contributed by atoms with Crippen LogP contribution in [0.5, 0.6) is 0 Å². The summed E-state index contributed by atoms with van der Waals surface area (Å²) in [5.41, 5.74) is 21.8.